The Balaban J connectivity index is 0.720. The fraction of sp³-hybridized carbons (Fsp3) is 0.0645. The summed E-state index contributed by atoms with van der Waals surface area (Å²) in [5.41, 5.74) is 31.5. The predicted octanol–water partition coefficient (Wildman–Crippen LogP) is 24.7. The van der Waals surface area contributed by atoms with Crippen molar-refractivity contribution in [2.24, 2.45) is 0 Å². The van der Waals surface area contributed by atoms with Crippen LogP contribution in [0.15, 0.2) is 364 Å². The molecule has 3 heterocycles. The van der Waals surface area contributed by atoms with E-state index in [2.05, 4.69) is 364 Å². The second-order valence-electron chi connectivity index (χ2n) is 25.4. The fourth-order valence-electron chi connectivity index (χ4n) is 14.7. The highest BCUT2D eigenvalue weighted by molar-refractivity contribution is 5.81. The van der Waals surface area contributed by atoms with Crippen molar-refractivity contribution in [1.82, 2.24) is 15.0 Å². The zero-order chi connectivity index (χ0) is 64.0. The molecular weight excluding hydrogens is 1160 g/mol. The van der Waals surface area contributed by atoms with E-state index in [1.54, 1.807) is 0 Å². The maximum absolute atomic E-state index is 5.23. The molecule has 1 fully saturated rings. The summed E-state index contributed by atoms with van der Waals surface area (Å²) >= 11 is 0. The highest BCUT2D eigenvalue weighted by Gasteiger charge is 2.35. The summed E-state index contributed by atoms with van der Waals surface area (Å²) in [5, 5.41) is 0. The summed E-state index contributed by atoms with van der Waals surface area (Å²) in [6.07, 6.45) is 9.24. The van der Waals surface area contributed by atoms with Crippen LogP contribution in [0.3, 0.4) is 0 Å². The summed E-state index contributed by atoms with van der Waals surface area (Å²) in [7, 11) is 0. The lowest BCUT2D eigenvalue weighted by molar-refractivity contribution is 0.353. The summed E-state index contributed by atoms with van der Waals surface area (Å²) in [6, 6.07) is 125. The second-order valence-corrected chi connectivity index (χ2v) is 25.4. The largest absolute Gasteiger partial charge is 0.256 e. The average molecular weight is 1230 g/mol. The van der Waals surface area contributed by atoms with Gasteiger partial charge in [-0.1, -0.05) is 291 Å². The van der Waals surface area contributed by atoms with Crippen LogP contribution in [-0.4, -0.2) is 15.0 Å². The average Bonchev–Trinajstić information content (AvgIpc) is 0.798. The van der Waals surface area contributed by atoms with E-state index < -0.39 is 0 Å². The number of aromatic nitrogens is 3. The standard InChI is InChI=1S/C93H69N3/c1-4-22-64(23-5-1)67-28-16-31-70(52-67)73-34-19-37-76(55-73)91-49-46-79(61-94-91)85-40-10-13-43-88(85)82-58-83(89-44-14-11-41-86(89)80-47-50-92(95-62-80)77-38-20-35-74(56-77)71-32-17-29-68(53-71)65-24-6-2-7-25-65)60-84(59-82)90-45-15-12-42-87(90)81-48-51-93(96-63-81)78-39-21-36-75(57-78)72-33-18-30-69(54-72)66-26-8-3-9-27-66/h1-57,61-63,82-84H,58-60H2. The fourth-order valence-corrected chi connectivity index (χ4v) is 14.7. The van der Waals surface area contributed by atoms with Gasteiger partial charge in [-0.05, 0) is 192 Å². The van der Waals surface area contributed by atoms with Gasteiger partial charge in [0.2, 0.25) is 0 Å². The molecule has 0 amide bonds. The third kappa shape index (κ3) is 12.6. The lowest BCUT2D eigenvalue weighted by atomic mass is 9.66. The number of rotatable bonds is 15. The third-order valence-corrected chi connectivity index (χ3v) is 19.5. The van der Waals surface area contributed by atoms with Crippen LogP contribution in [0.25, 0.3) is 134 Å². The van der Waals surface area contributed by atoms with Crippen LogP contribution in [0.2, 0.25) is 0 Å². The van der Waals surface area contributed by atoms with Gasteiger partial charge in [0.25, 0.3) is 0 Å². The maximum atomic E-state index is 5.23. The van der Waals surface area contributed by atoms with Crippen LogP contribution in [0.4, 0.5) is 0 Å². The molecule has 1 aliphatic carbocycles. The van der Waals surface area contributed by atoms with Crippen molar-refractivity contribution in [3.8, 4) is 134 Å². The highest BCUT2D eigenvalue weighted by Crippen LogP contribution is 2.53. The Labute approximate surface area is 563 Å². The van der Waals surface area contributed by atoms with Gasteiger partial charge in [0.15, 0.2) is 0 Å². The van der Waals surface area contributed by atoms with Crippen LogP contribution >= 0.6 is 0 Å². The molecule has 15 aromatic rings. The maximum Gasteiger partial charge on any atom is 0.0702 e. The van der Waals surface area contributed by atoms with Crippen LogP contribution < -0.4 is 0 Å². The van der Waals surface area contributed by atoms with Gasteiger partial charge in [-0.15, -0.1) is 0 Å². The van der Waals surface area contributed by atoms with Crippen molar-refractivity contribution in [3.05, 3.63) is 381 Å². The third-order valence-electron chi connectivity index (χ3n) is 19.5. The Bertz CT molecular complexity index is 4670. The summed E-state index contributed by atoms with van der Waals surface area (Å²) in [5.74, 6) is 0.698. The molecule has 0 aliphatic heterocycles. The summed E-state index contributed by atoms with van der Waals surface area (Å²) < 4.78 is 0. The van der Waals surface area contributed by atoms with Gasteiger partial charge >= 0.3 is 0 Å². The zero-order valence-corrected chi connectivity index (χ0v) is 53.3. The molecule has 0 unspecified atom stereocenters. The zero-order valence-electron chi connectivity index (χ0n) is 53.3. The van der Waals surface area contributed by atoms with Gasteiger partial charge < -0.3 is 0 Å². The molecule has 3 nitrogen and oxygen atoms in total. The lowest BCUT2D eigenvalue weighted by Gasteiger charge is -2.38. The lowest BCUT2D eigenvalue weighted by Crippen LogP contribution is -2.21. The molecule has 3 aromatic heterocycles. The van der Waals surface area contributed by atoms with Gasteiger partial charge in [0.1, 0.15) is 0 Å². The Hall–Kier alpha value is -11.9. The molecule has 0 N–H and O–H groups in total. The molecule has 1 saturated carbocycles. The normalized spacial score (nSPS) is 14.4. The molecule has 12 aromatic carbocycles. The van der Waals surface area contributed by atoms with Crippen molar-refractivity contribution in [1.29, 1.82) is 0 Å². The van der Waals surface area contributed by atoms with E-state index >= 15 is 0 Å². The van der Waals surface area contributed by atoms with Crippen LogP contribution in [0.5, 0.6) is 0 Å². The quantitative estimate of drug-likeness (QED) is 0.103. The number of hydrogen-bond donors (Lipinski definition) is 0. The molecule has 0 radical (unpaired) electrons. The second kappa shape index (κ2) is 27.0. The van der Waals surface area contributed by atoms with Crippen LogP contribution in [0.1, 0.15) is 53.7 Å². The Kier molecular flexibility index (Phi) is 16.6. The summed E-state index contributed by atoms with van der Waals surface area (Å²) in [6.45, 7) is 0. The van der Waals surface area contributed by atoms with Gasteiger partial charge in [-0.3, -0.25) is 15.0 Å². The Morgan fingerprint density at radius 2 is 0.375 bits per heavy atom. The smallest absolute Gasteiger partial charge is 0.0702 e. The van der Waals surface area contributed by atoms with Crippen molar-refractivity contribution in [2.75, 3.05) is 0 Å². The highest BCUT2D eigenvalue weighted by atomic mass is 14.7. The molecule has 0 spiro atoms. The van der Waals surface area contributed by atoms with E-state index in [1.807, 2.05) is 0 Å². The van der Waals surface area contributed by atoms with Crippen molar-refractivity contribution < 1.29 is 0 Å². The van der Waals surface area contributed by atoms with Gasteiger partial charge in [-0.2, -0.15) is 0 Å². The SMILES string of the molecule is c1ccc(-c2cccc(-c3cccc(-c4ccc(-c5ccccc5C5CC(c6ccccc6-c6ccc(-c7cccc(-c8cccc(-c9ccccc9)c8)c7)nc6)CC(c6ccccc6-c6ccc(-c7cccc(-c8cccc(-c9ccccc9)c8)c7)nc6)C5)cn4)c3)c2)cc1. The minimum Gasteiger partial charge on any atom is -0.256 e. The van der Waals surface area contributed by atoms with E-state index in [-0.39, 0.29) is 17.8 Å². The van der Waals surface area contributed by atoms with Crippen LogP contribution in [0, 0.1) is 0 Å². The van der Waals surface area contributed by atoms with E-state index in [1.165, 1.54) is 100 Å². The minimum atomic E-state index is 0.233. The van der Waals surface area contributed by atoms with Gasteiger partial charge in [-0.25, -0.2) is 0 Å². The number of nitrogens with zero attached hydrogens (tertiary/aromatic N) is 3. The molecule has 3 heteroatoms. The molecule has 0 saturated heterocycles. The first-order chi connectivity index (χ1) is 47.5. The first-order valence-corrected chi connectivity index (χ1v) is 33.5. The van der Waals surface area contributed by atoms with E-state index in [9.17, 15) is 0 Å². The predicted molar refractivity (Wildman–Crippen MR) is 400 cm³/mol. The van der Waals surface area contributed by atoms with Crippen molar-refractivity contribution >= 4 is 0 Å². The van der Waals surface area contributed by atoms with E-state index in [0.717, 1.165) is 69.7 Å². The monoisotopic (exact) mass is 1230 g/mol. The molecular formula is C93H69N3. The summed E-state index contributed by atoms with van der Waals surface area (Å²) in [4.78, 5) is 15.7. The molecule has 96 heavy (non-hydrogen) atoms. The molecule has 0 atom stereocenters. The van der Waals surface area contributed by atoms with Crippen molar-refractivity contribution in [2.45, 2.75) is 37.0 Å². The van der Waals surface area contributed by atoms with Gasteiger partial charge in [0.05, 0.1) is 17.1 Å². The first kappa shape index (κ1) is 59.1. The van der Waals surface area contributed by atoms with E-state index in [0.29, 0.717) is 0 Å². The van der Waals surface area contributed by atoms with Crippen molar-refractivity contribution in [3.63, 3.8) is 0 Å². The van der Waals surface area contributed by atoms with Crippen LogP contribution in [-0.2, 0) is 0 Å². The topological polar surface area (TPSA) is 38.7 Å². The molecule has 16 rings (SSSR count). The number of hydrogen-bond acceptors (Lipinski definition) is 3. The van der Waals surface area contributed by atoms with E-state index in [4.69, 9.17) is 15.0 Å². The molecule has 456 valence electrons. The Morgan fingerprint density at radius 1 is 0.167 bits per heavy atom. The first-order valence-electron chi connectivity index (χ1n) is 33.5. The Morgan fingerprint density at radius 3 is 0.625 bits per heavy atom. The number of pyridine rings is 3. The van der Waals surface area contributed by atoms with Gasteiger partial charge in [0, 0.05) is 52.0 Å². The molecule has 1 aliphatic rings. The minimum absolute atomic E-state index is 0.233. The molecule has 0 bridgehead atoms. The number of benzene rings is 12.